The molecule has 0 bridgehead atoms. The van der Waals surface area contributed by atoms with Crippen molar-refractivity contribution in [3.05, 3.63) is 76.3 Å². The molecule has 0 radical (unpaired) electrons. The van der Waals surface area contributed by atoms with Crippen molar-refractivity contribution in [1.29, 1.82) is 0 Å². The summed E-state index contributed by atoms with van der Waals surface area (Å²) >= 11 is 6.10. The number of carbonyl (C=O) groups is 1. The van der Waals surface area contributed by atoms with Crippen molar-refractivity contribution >= 4 is 23.2 Å². The van der Waals surface area contributed by atoms with E-state index < -0.39 is 0 Å². The van der Waals surface area contributed by atoms with E-state index in [1.54, 1.807) is 0 Å². The van der Waals surface area contributed by atoms with Crippen molar-refractivity contribution < 1.29 is 4.79 Å². The van der Waals surface area contributed by atoms with Gasteiger partial charge in [0.05, 0.1) is 6.04 Å². The minimum Gasteiger partial charge on any atom is -0.378 e. The summed E-state index contributed by atoms with van der Waals surface area (Å²) < 4.78 is 0. The van der Waals surface area contributed by atoms with E-state index in [1.165, 1.54) is 17.5 Å². The summed E-state index contributed by atoms with van der Waals surface area (Å²) in [5.74, 6) is 0.986. The highest BCUT2D eigenvalue weighted by molar-refractivity contribution is 6.30. The van der Waals surface area contributed by atoms with Crippen LogP contribution in [0.1, 0.15) is 66.1 Å². The number of allylic oxidation sites excluding steroid dienone is 2. The maximum absolute atomic E-state index is 13.2. The maximum atomic E-state index is 13.2. The van der Waals surface area contributed by atoms with Crippen LogP contribution in [0.2, 0.25) is 5.02 Å². The Morgan fingerprint density at radius 1 is 1.14 bits per heavy atom. The highest BCUT2D eigenvalue weighted by atomic mass is 35.5. The van der Waals surface area contributed by atoms with Crippen molar-refractivity contribution in [2.45, 2.75) is 50.6 Å². The average molecular weight is 407 g/mol. The Bertz CT molecular complexity index is 952. The first-order chi connectivity index (χ1) is 14.1. The zero-order chi connectivity index (χ0) is 20.0. The number of nitrogens with one attached hydrogen (secondary N) is 1. The van der Waals surface area contributed by atoms with E-state index in [-0.39, 0.29) is 11.9 Å². The third-order valence-corrected chi connectivity index (χ3v) is 7.15. The molecule has 0 spiro atoms. The Hall–Kier alpha value is -2.26. The van der Waals surface area contributed by atoms with Crippen LogP contribution < -0.4 is 5.32 Å². The number of halogens is 1. The van der Waals surface area contributed by atoms with Crippen LogP contribution >= 0.6 is 11.6 Å². The molecule has 0 saturated carbocycles. The first-order valence-electron chi connectivity index (χ1n) is 10.8. The van der Waals surface area contributed by atoms with Gasteiger partial charge in [0.1, 0.15) is 0 Å². The fourth-order valence-corrected chi connectivity index (χ4v) is 5.42. The van der Waals surface area contributed by atoms with E-state index in [1.807, 2.05) is 18.2 Å². The van der Waals surface area contributed by atoms with Crippen LogP contribution in [0.15, 0.2) is 54.6 Å². The number of likely N-dealkylation sites (tertiary alicyclic amines) is 1. The summed E-state index contributed by atoms with van der Waals surface area (Å²) in [5.41, 5.74) is 4.48. The van der Waals surface area contributed by atoms with Crippen LogP contribution in [0.3, 0.4) is 0 Å². The number of hydrogen-bond acceptors (Lipinski definition) is 2. The van der Waals surface area contributed by atoms with Gasteiger partial charge in [-0.15, -0.1) is 0 Å². The van der Waals surface area contributed by atoms with Gasteiger partial charge >= 0.3 is 0 Å². The molecule has 5 rings (SSSR count). The average Bonchev–Trinajstić information content (AvgIpc) is 3.24. The first-order valence-corrected chi connectivity index (χ1v) is 11.1. The zero-order valence-electron chi connectivity index (χ0n) is 16.8. The number of carbonyl (C=O) groups excluding carboxylic acids is 1. The smallest absolute Gasteiger partial charge is 0.254 e. The largest absolute Gasteiger partial charge is 0.378 e. The first kappa shape index (κ1) is 18.7. The Labute approximate surface area is 177 Å². The second-order valence-electron chi connectivity index (χ2n) is 8.67. The molecule has 4 atom stereocenters. The molecule has 1 saturated heterocycles. The topological polar surface area (TPSA) is 32.3 Å². The number of fused-ring (bicyclic) bond motifs is 3. The molecule has 2 heterocycles. The van der Waals surface area contributed by atoms with Crippen molar-refractivity contribution in [2.24, 2.45) is 5.92 Å². The second kappa shape index (κ2) is 7.53. The van der Waals surface area contributed by atoms with E-state index in [2.05, 4.69) is 53.6 Å². The molecule has 0 aromatic heterocycles. The molecule has 3 aliphatic rings. The van der Waals surface area contributed by atoms with Crippen molar-refractivity contribution in [3.63, 3.8) is 0 Å². The van der Waals surface area contributed by atoms with Crippen LogP contribution in [0.5, 0.6) is 0 Å². The highest BCUT2D eigenvalue weighted by Crippen LogP contribution is 2.50. The van der Waals surface area contributed by atoms with Gasteiger partial charge in [0.2, 0.25) is 0 Å². The van der Waals surface area contributed by atoms with Gasteiger partial charge in [-0.3, -0.25) is 4.79 Å². The summed E-state index contributed by atoms with van der Waals surface area (Å²) in [6, 6.07) is 15.0. The summed E-state index contributed by atoms with van der Waals surface area (Å²) in [7, 11) is 0. The lowest BCUT2D eigenvalue weighted by Crippen LogP contribution is -2.42. The van der Waals surface area contributed by atoms with Crippen LogP contribution in [0, 0.1) is 5.92 Å². The van der Waals surface area contributed by atoms with Gasteiger partial charge in [0.15, 0.2) is 0 Å². The zero-order valence-corrected chi connectivity index (χ0v) is 17.5. The molecule has 2 aromatic rings. The van der Waals surface area contributed by atoms with Crippen LogP contribution in [-0.2, 0) is 0 Å². The van der Waals surface area contributed by atoms with Crippen molar-refractivity contribution in [2.75, 3.05) is 11.9 Å². The third-order valence-electron chi connectivity index (χ3n) is 6.90. The molecule has 1 amide bonds. The number of benzene rings is 2. The molecule has 2 aliphatic heterocycles. The molecular weight excluding hydrogens is 380 g/mol. The SMILES string of the molecule is C[C@@H]1CCCCN1C(=O)c1ccc2c(c1)[C@@H]1C=CC[C@@H]1[C@H](c1ccc(Cl)cc1)N2. The summed E-state index contributed by atoms with van der Waals surface area (Å²) in [6.45, 7) is 3.05. The summed E-state index contributed by atoms with van der Waals surface area (Å²) in [5, 5.41) is 4.52. The molecule has 1 aliphatic carbocycles. The molecule has 3 nitrogen and oxygen atoms in total. The minimum atomic E-state index is 0.179. The quantitative estimate of drug-likeness (QED) is 0.604. The lowest BCUT2D eigenvalue weighted by Gasteiger charge is -2.38. The summed E-state index contributed by atoms with van der Waals surface area (Å²) in [4.78, 5) is 15.2. The number of piperidine rings is 1. The lowest BCUT2D eigenvalue weighted by atomic mass is 9.76. The fraction of sp³-hybridized carbons (Fsp3) is 0.400. The summed E-state index contributed by atoms with van der Waals surface area (Å²) in [6.07, 6.45) is 9.10. The van der Waals surface area contributed by atoms with Crippen LogP contribution in [0.4, 0.5) is 5.69 Å². The number of hydrogen-bond donors (Lipinski definition) is 1. The van der Waals surface area contributed by atoms with E-state index in [0.29, 0.717) is 17.9 Å². The molecule has 2 aromatic carbocycles. The second-order valence-corrected chi connectivity index (χ2v) is 9.11. The minimum absolute atomic E-state index is 0.179. The fourth-order valence-electron chi connectivity index (χ4n) is 5.29. The van der Waals surface area contributed by atoms with Gasteiger partial charge in [-0.2, -0.15) is 0 Å². The maximum Gasteiger partial charge on any atom is 0.254 e. The molecule has 0 unspecified atom stereocenters. The monoisotopic (exact) mass is 406 g/mol. The van der Waals surface area contributed by atoms with Gasteiger partial charge < -0.3 is 10.2 Å². The highest BCUT2D eigenvalue weighted by Gasteiger charge is 2.38. The molecular formula is C25H27ClN2O. The Kier molecular flexibility index (Phi) is 4.87. The number of nitrogens with zero attached hydrogens (tertiary/aromatic N) is 1. The van der Waals surface area contributed by atoms with E-state index in [9.17, 15) is 4.79 Å². The predicted octanol–water partition coefficient (Wildman–Crippen LogP) is 6.18. The molecule has 29 heavy (non-hydrogen) atoms. The normalized spacial score (nSPS) is 27.9. The van der Waals surface area contributed by atoms with Gasteiger partial charge in [0, 0.05) is 34.8 Å². The van der Waals surface area contributed by atoms with Gasteiger partial charge in [-0.25, -0.2) is 0 Å². The molecule has 1 N–H and O–H groups in total. The predicted molar refractivity (Wildman–Crippen MR) is 119 cm³/mol. The standard InChI is InChI=1S/C25H27ClN2O/c1-16-5-2-3-14-28(16)25(29)18-10-13-23-22(15-18)20-6-4-7-21(20)24(27-23)17-8-11-19(26)12-9-17/h4,6,8-13,15-16,20-21,24,27H,2-3,5,7,14H2,1H3/t16-,20-,21+,24+/m1/s1. The lowest BCUT2D eigenvalue weighted by molar-refractivity contribution is 0.0635. The Morgan fingerprint density at radius 2 is 1.97 bits per heavy atom. The Morgan fingerprint density at radius 3 is 2.76 bits per heavy atom. The van der Waals surface area contributed by atoms with E-state index in [4.69, 9.17) is 11.6 Å². The molecule has 4 heteroatoms. The van der Waals surface area contributed by atoms with Gasteiger partial charge in [0.25, 0.3) is 5.91 Å². The number of rotatable bonds is 2. The van der Waals surface area contributed by atoms with E-state index in [0.717, 1.165) is 42.1 Å². The van der Waals surface area contributed by atoms with Crippen molar-refractivity contribution in [3.8, 4) is 0 Å². The Balaban J connectivity index is 1.47. The van der Waals surface area contributed by atoms with Crippen molar-refractivity contribution in [1.82, 2.24) is 4.90 Å². The number of anilines is 1. The van der Waals surface area contributed by atoms with Gasteiger partial charge in [-0.05, 0) is 80.0 Å². The molecule has 150 valence electrons. The van der Waals surface area contributed by atoms with Crippen LogP contribution in [0.25, 0.3) is 0 Å². The van der Waals surface area contributed by atoms with Crippen LogP contribution in [-0.4, -0.2) is 23.4 Å². The van der Waals surface area contributed by atoms with E-state index >= 15 is 0 Å². The third kappa shape index (κ3) is 3.36. The van der Waals surface area contributed by atoms with Gasteiger partial charge in [-0.1, -0.05) is 35.9 Å². The number of amides is 1. The molecule has 1 fully saturated rings.